The SMILES string of the molecule is CCC12CCC(OC(=O)c3ccc(C)cc3)CC1C(OC=O)CC1C2CCC23OCC(CCCC(C)C)C2CCC13. The fourth-order valence-electron chi connectivity index (χ4n) is 11.0. The Balaban J connectivity index is 1.19. The van der Waals surface area contributed by atoms with Crippen molar-refractivity contribution < 1.29 is 23.8 Å². The minimum absolute atomic E-state index is 0.0535. The Morgan fingerprint density at radius 2 is 1.80 bits per heavy atom. The minimum atomic E-state index is -0.238. The molecule has 0 radical (unpaired) electrons. The maximum atomic E-state index is 13.0. The number of rotatable bonds is 9. The molecule has 0 N–H and O–H groups in total. The number of hydrogen-bond donors (Lipinski definition) is 0. The molecule has 0 bridgehead atoms. The van der Waals surface area contributed by atoms with Gasteiger partial charge in [-0.1, -0.05) is 51.3 Å². The summed E-state index contributed by atoms with van der Waals surface area (Å²) in [4.78, 5) is 24.8. The highest BCUT2D eigenvalue weighted by atomic mass is 16.5. The predicted octanol–water partition coefficient (Wildman–Crippen LogP) is 7.93. The number of fused-ring (bicyclic) bond motifs is 4. The standard InChI is InChI=1S/C36H52O5/c1-5-35-17-15-27(41-34(38)25-11-9-24(4)10-12-25)19-32(35)33(39-22-37)20-28-30(35)16-18-36-29(13-14-31(28)36)26(21-40-36)8-6-7-23(2)3/h9-12,22-23,26-33H,5-8,13-21H2,1-4H3. The minimum Gasteiger partial charge on any atom is -0.464 e. The van der Waals surface area contributed by atoms with Crippen molar-refractivity contribution in [2.24, 2.45) is 46.8 Å². The van der Waals surface area contributed by atoms with Crippen molar-refractivity contribution in [3.63, 3.8) is 0 Å². The summed E-state index contributed by atoms with van der Waals surface area (Å²) < 4.78 is 19.0. The maximum absolute atomic E-state index is 13.0. The van der Waals surface area contributed by atoms with Crippen molar-refractivity contribution in [3.8, 4) is 0 Å². The van der Waals surface area contributed by atoms with Gasteiger partial charge in [-0.3, -0.25) is 4.79 Å². The van der Waals surface area contributed by atoms with Crippen LogP contribution >= 0.6 is 0 Å². The van der Waals surface area contributed by atoms with Crippen LogP contribution in [0.1, 0.15) is 114 Å². The molecular weight excluding hydrogens is 512 g/mol. The zero-order valence-electron chi connectivity index (χ0n) is 25.8. The lowest BCUT2D eigenvalue weighted by molar-refractivity contribution is -0.205. The average molecular weight is 565 g/mol. The van der Waals surface area contributed by atoms with E-state index in [4.69, 9.17) is 14.2 Å². The molecule has 0 amide bonds. The van der Waals surface area contributed by atoms with Gasteiger partial charge in [0.1, 0.15) is 12.2 Å². The molecule has 10 unspecified atom stereocenters. The lowest BCUT2D eigenvalue weighted by Crippen LogP contribution is -2.61. The van der Waals surface area contributed by atoms with Gasteiger partial charge in [0, 0.05) is 5.92 Å². The van der Waals surface area contributed by atoms with E-state index >= 15 is 0 Å². The zero-order valence-corrected chi connectivity index (χ0v) is 25.8. The summed E-state index contributed by atoms with van der Waals surface area (Å²) in [6.45, 7) is 10.7. The van der Waals surface area contributed by atoms with Gasteiger partial charge in [-0.2, -0.15) is 0 Å². The van der Waals surface area contributed by atoms with Crippen LogP contribution < -0.4 is 0 Å². The largest absolute Gasteiger partial charge is 0.464 e. The van der Waals surface area contributed by atoms with E-state index in [0.29, 0.717) is 41.6 Å². The molecule has 1 aliphatic heterocycles. The van der Waals surface area contributed by atoms with Crippen LogP contribution in [0.2, 0.25) is 0 Å². The first-order valence-corrected chi connectivity index (χ1v) is 16.8. The Morgan fingerprint density at radius 1 is 1.02 bits per heavy atom. The van der Waals surface area contributed by atoms with Crippen molar-refractivity contribution in [3.05, 3.63) is 35.4 Å². The molecular formula is C36H52O5. The molecule has 5 fully saturated rings. The zero-order chi connectivity index (χ0) is 28.8. The van der Waals surface area contributed by atoms with E-state index < -0.39 is 0 Å². The summed E-state index contributed by atoms with van der Waals surface area (Å²) >= 11 is 0. The predicted molar refractivity (Wildman–Crippen MR) is 159 cm³/mol. The summed E-state index contributed by atoms with van der Waals surface area (Å²) in [5.74, 6) is 3.97. The molecule has 41 heavy (non-hydrogen) atoms. The van der Waals surface area contributed by atoms with Gasteiger partial charge in [0.25, 0.3) is 6.47 Å². The summed E-state index contributed by atoms with van der Waals surface area (Å²) in [6.07, 6.45) is 13.5. The third-order valence-electron chi connectivity index (χ3n) is 12.7. The second kappa shape index (κ2) is 11.7. The van der Waals surface area contributed by atoms with Gasteiger partial charge >= 0.3 is 5.97 Å². The van der Waals surface area contributed by atoms with E-state index in [1.165, 1.54) is 44.9 Å². The summed E-state index contributed by atoms with van der Waals surface area (Å²) in [5, 5.41) is 0. The van der Waals surface area contributed by atoms with Crippen LogP contribution in [0.15, 0.2) is 24.3 Å². The van der Waals surface area contributed by atoms with Crippen LogP contribution in [0, 0.1) is 53.8 Å². The number of carbonyl (C=O) groups excluding carboxylic acids is 2. The summed E-state index contributed by atoms with van der Waals surface area (Å²) in [7, 11) is 0. The average Bonchev–Trinajstić information content (AvgIpc) is 3.50. The van der Waals surface area contributed by atoms with Crippen molar-refractivity contribution in [1.82, 2.24) is 0 Å². The Morgan fingerprint density at radius 3 is 2.54 bits per heavy atom. The number of hydrogen-bond acceptors (Lipinski definition) is 5. The van der Waals surface area contributed by atoms with Crippen LogP contribution in [0.5, 0.6) is 0 Å². The van der Waals surface area contributed by atoms with Gasteiger partial charge in [0.2, 0.25) is 0 Å². The quantitative estimate of drug-likeness (QED) is 0.225. The fraction of sp³-hybridized carbons (Fsp3) is 0.778. The van der Waals surface area contributed by atoms with Crippen LogP contribution in [-0.4, -0.2) is 36.9 Å². The molecule has 226 valence electrons. The highest BCUT2D eigenvalue weighted by Crippen LogP contribution is 2.69. The lowest BCUT2D eigenvalue weighted by atomic mass is 9.44. The van der Waals surface area contributed by atoms with Crippen molar-refractivity contribution in [1.29, 1.82) is 0 Å². The monoisotopic (exact) mass is 564 g/mol. The number of esters is 1. The molecule has 0 aromatic heterocycles. The van der Waals surface area contributed by atoms with E-state index in [0.717, 1.165) is 50.2 Å². The molecule has 1 spiro atoms. The Labute approximate surface area is 247 Å². The van der Waals surface area contributed by atoms with Crippen LogP contribution in [0.4, 0.5) is 0 Å². The number of benzene rings is 1. The normalized spacial score (nSPS) is 41.2. The number of ether oxygens (including phenoxy) is 3. The van der Waals surface area contributed by atoms with Gasteiger partial charge in [-0.05, 0) is 124 Å². The van der Waals surface area contributed by atoms with Crippen LogP contribution in [0.25, 0.3) is 0 Å². The molecule has 4 aliphatic carbocycles. The molecule has 10 atom stereocenters. The van der Waals surface area contributed by atoms with Gasteiger partial charge in [0.05, 0.1) is 17.8 Å². The second-order valence-electron chi connectivity index (χ2n) is 14.8. The van der Waals surface area contributed by atoms with Gasteiger partial charge in [0.15, 0.2) is 0 Å². The Kier molecular flexibility index (Phi) is 8.30. The maximum Gasteiger partial charge on any atom is 0.338 e. The Bertz CT molecular complexity index is 1080. The first kappa shape index (κ1) is 29.2. The molecule has 1 aromatic carbocycles. The third kappa shape index (κ3) is 5.06. The highest BCUT2D eigenvalue weighted by Gasteiger charge is 2.67. The van der Waals surface area contributed by atoms with Crippen molar-refractivity contribution in [2.75, 3.05) is 6.61 Å². The van der Waals surface area contributed by atoms with E-state index in [-0.39, 0.29) is 35.1 Å². The fourth-order valence-corrected chi connectivity index (χ4v) is 11.0. The molecule has 4 saturated carbocycles. The van der Waals surface area contributed by atoms with E-state index in [1.54, 1.807) is 0 Å². The second-order valence-corrected chi connectivity index (χ2v) is 14.8. The molecule has 1 heterocycles. The Hall–Kier alpha value is -1.88. The van der Waals surface area contributed by atoms with Crippen LogP contribution in [-0.2, 0) is 19.0 Å². The van der Waals surface area contributed by atoms with Crippen LogP contribution in [0.3, 0.4) is 0 Å². The van der Waals surface area contributed by atoms with Crippen molar-refractivity contribution in [2.45, 2.75) is 123 Å². The first-order valence-electron chi connectivity index (χ1n) is 16.8. The third-order valence-corrected chi connectivity index (χ3v) is 12.7. The molecule has 5 aliphatic rings. The summed E-state index contributed by atoms with van der Waals surface area (Å²) in [6, 6.07) is 7.63. The molecule has 6 rings (SSSR count). The van der Waals surface area contributed by atoms with Gasteiger partial charge in [-0.15, -0.1) is 0 Å². The molecule has 5 heteroatoms. The highest BCUT2D eigenvalue weighted by molar-refractivity contribution is 5.89. The molecule has 1 aromatic rings. The summed E-state index contributed by atoms with van der Waals surface area (Å²) in [5.41, 5.74) is 1.93. The smallest absolute Gasteiger partial charge is 0.338 e. The van der Waals surface area contributed by atoms with Gasteiger partial charge < -0.3 is 14.2 Å². The van der Waals surface area contributed by atoms with E-state index in [2.05, 4.69) is 20.8 Å². The van der Waals surface area contributed by atoms with Crippen molar-refractivity contribution >= 4 is 12.4 Å². The van der Waals surface area contributed by atoms with E-state index in [1.807, 2.05) is 31.2 Å². The topological polar surface area (TPSA) is 61.8 Å². The lowest BCUT2D eigenvalue weighted by Gasteiger charge is -2.63. The van der Waals surface area contributed by atoms with Gasteiger partial charge in [-0.25, -0.2) is 4.79 Å². The molecule has 5 nitrogen and oxygen atoms in total. The van der Waals surface area contributed by atoms with E-state index in [9.17, 15) is 9.59 Å². The first-order chi connectivity index (χ1) is 19.8. The number of aryl methyl sites for hydroxylation is 1. The number of carbonyl (C=O) groups is 2. The molecule has 1 saturated heterocycles.